The summed E-state index contributed by atoms with van der Waals surface area (Å²) in [6.45, 7) is 6.01. The Morgan fingerprint density at radius 1 is 0.778 bits per heavy atom. The molecular weight excluding hydrogens is 232 g/mol. The van der Waals surface area contributed by atoms with Crippen LogP contribution in [0.2, 0.25) is 0 Å². The van der Waals surface area contributed by atoms with E-state index >= 15 is 0 Å². The Bertz CT molecular complexity index is 352. The molecule has 0 aliphatic heterocycles. The van der Waals surface area contributed by atoms with Crippen LogP contribution in [0.15, 0.2) is 24.3 Å². The van der Waals surface area contributed by atoms with E-state index in [1.54, 1.807) is 0 Å². The number of benzene rings is 1. The lowest BCUT2D eigenvalue weighted by molar-refractivity contribution is -0.364. The fourth-order valence-corrected chi connectivity index (χ4v) is 1.68. The summed E-state index contributed by atoms with van der Waals surface area (Å²) in [5.74, 6) is -0.372. The van der Waals surface area contributed by atoms with Crippen LogP contribution in [-0.4, -0.2) is 26.9 Å². The highest BCUT2D eigenvalue weighted by Crippen LogP contribution is 2.29. The Labute approximate surface area is 109 Å². The first-order chi connectivity index (χ1) is 8.37. The van der Waals surface area contributed by atoms with E-state index in [1.165, 1.54) is 21.3 Å². The zero-order valence-electron chi connectivity index (χ0n) is 11.9. The van der Waals surface area contributed by atoms with Crippen molar-refractivity contribution in [3.05, 3.63) is 29.8 Å². The molecule has 1 aromatic carbocycles. The third-order valence-corrected chi connectivity index (χ3v) is 2.44. The first-order valence-corrected chi connectivity index (χ1v) is 5.82. The molecule has 0 N–H and O–H groups in total. The monoisotopic (exact) mass is 254 g/mol. The fraction of sp³-hybridized carbons (Fsp3) is 0.571. The molecule has 18 heavy (non-hydrogen) atoms. The molecule has 0 amide bonds. The predicted molar refractivity (Wildman–Crippen MR) is 69.5 cm³/mol. The van der Waals surface area contributed by atoms with Gasteiger partial charge in [0, 0.05) is 26.9 Å². The van der Waals surface area contributed by atoms with Crippen LogP contribution in [0.3, 0.4) is 0 Å². The molecule has 0 radical (unpaired) electrons. The average molecular weight is 254 g/mol. The number of hydrogen-bond acceptors (Lipinski definition) is 4. The second-order valence-electron chi connectivity index (χ2n) is 4.91. The van der Waals surface area contributed by atoms with E-state index in [2.05, 4.69) is 0 Å². The first kappa shape index (κ1) is 15.0. The molecule has 1 rings (SSSR count). The Morgan fingerprint density at radius 3 is 1.56 bits per heavy atom. The van der Waals surface area contributed by atoms with Crippen molar-refractivity contribution in [2.75, 3.05) is 21.3 Å². The smallest absolute Gasteiger partial charge is 0.311 e. The molecule has 0 bridgehead atoms. The molecule has 0 aromatic heterocycles. The zero-order chi connectivity index (χ0) is 13.8. The van der Waals surface area contributed by atoms with Gasteiger partial charge in [0.15, 0.2) is 0 Å². The molecule has 0 aliphatic carbocycles. The van der Waals surface area contributed by atoms with Crippen molar-refractivity contribution < 1.29 is 18.9 Å². The highest BCUT2D eigenvalue weighted by molar-refractivity contribution is 5.29. The second kappa shape index (κ2) is 5.69. The van der Waals surface area contributed by atoms with Crippen LogP contribution in [0.1, 0.15) is 26.3 Å². The molecule has 0 unspecified atom stereocenters. The van der Waals surface area contributed by atoms with Gasteiger partial charge in [-0.15, -0.1) is 0 Å². The van der Waals surface area contributed by atoms with E-state index in [1.807, 2.05) is 45.0 Å². The van der Waals surface area contributed by atoms with Gasteiger partial charge in [0.05, 0.1) is 0 Å². The summed E-state index contributed by atoms with van der Waals surface area (Å²) in [7, 11) is 4.60. The average Bonchev–Trinajstić information content (AvgIpc) is 2.32. The molecule has 4 nitrogen and oxygen atoms in total. The molecular formula is C14H22O4. The van der Waals surface area contributed by atoms with Gasteiger partial charge in [-0.1, -0.05) is 0 Å². The topological polar surface area (TPSA) is 36.9 Å². The van der Waals surface area contributed by atoms with Crippen LogP contribution in [0.25, 0.3) is 0 Å². The maximum absolute atomic E-state index is 5.75. The van der Waals surface area contributed by atoms with Gasteiger partial charge in [0.2, 0.25) is 0 Å². The molecule has 0 spiro atoms. The number of hydrogen-bond donors (Lipinski definition) is 0. The van der Waals surface area contributed by atoms with Gasteiger partial charge in [-0.25, -0.2) is 0 Å². The normalized spacial score (nSPS) is 12.6. The highest BCUT2D eigenvalue weighted by atomic mass is 16.9. The van der Waals surface area contributed by atoms with Crippen molar-refractivity contribution in [2.45, 2.75) is 32.3 Å². The lowest BCUT2D eigenvalue weighted by Crippen LogP contribution is -2.32. The van der Waals surface area contributed by atoms with Crippen molar-refractivity contribution in [3.63, 3.8) is 0 Å². The number of ether oxygens (including phenoxy) is 4. The molecule has 0 saturated carbocycles. The molecule has 0 heterocycles. The molecule has 0 fully saturated rings. The Balaban J connectivity index is 2.94. The maximum Gasteiger partial charge on any atom is 0.311 e. The number of methoxy groups -OCH3 is 3. The molecule has 0 saturated heterocycles. The Hall–Kier alpha value is -1.10. The molecule has 4 heteroatoms. The fourth-order valence-electron chi connectivity index (χ4n) is 1.68. The van der Waals surface area contributed by atoms with E-state index in [-0.39, 0.29) is 5.60 Å². The van der Waals surface area contributed by atoms with Gasteiger partial charge in [0.25, 0.3) is 0 Å². The van der Waals surface area contributed by atoms with Gasteiger partial charge in [-0.05, 0) is 45.0 Å². The summed E-state index contributed by atoms with van der Waals surface area (Å²) < 4.78 is 21.6. The predicted octanol–water partition coefficient (Wildman–Crippen LogP) is 2.91. The lowest BCUT2D eigenvalue weighted by atomic mass is 10.1. The van der Waals surface area contributed by atoms with Crippen molar-refractivity contribution in [3.8, 4) is 5.75 Å². The van der Waals surface area contributed by atoms with E-state index in [0.717, 1.165) is 11.3 Å². The molecule has 102 valence electrons. The van der Waals surface area contributed by atoms with Crippen molar-refractivity contribution in [1.29, 1.82) is 0 Å². The van der Waals surface area contributed by atoms with Gasteiger partial charge >= 0.3 is 5.97 Å². The van der Waals surface area contributed by atoms with Crippen LogP contribution in [-0.2, 0) is 20.2 Å². The minimum absolute atomic E-state index is 0.220. The minimum atomic E-state index is -1.17. The van der Waals surface area contributed by atoms with E-state index < -0.39 is 5.97 Å². The lowest BCUT2D eigenvalue weighted by Gasteiger charge is -2.29. The SMILES string of the molecule is COC(OC)(OC)c1ccc(OC(C)(C)C)cc1. The van der Waals surface area contributed by atoms with Gasteiger partial charge in [0.1, 0.15) is 11.4 Å². The summed E-state index contributed by atoms with van der Waals surface area (Å²) in [6.07, 6.45) is 0. The first-order valence-electron chi connectivity index (χ1n) is 5.82. The molecule has 0 aliphatic rings. The molecule has 1 aromatic rings. The standard InChI is InChI=1S/C14H22O4/c1-13(2,3)18-12-9-7-11(8-10-12)14(15-4,16-5)17-6/h7-10H,1-6H3. The van der Waals surface area contributed by atoms with Crippen LogP contribution in [0.4, 0.5) is 0 Å². The van der Waals surface area contributed by atoms with Crippen molar-refractivity contribution >= 4 is 0 Å². The van der Waals surface area contributed by atoms with Crippen LogP contribution in [0.5, 0.6) is 5.75 Å². The summed E-state index contributed by atoms with van der Waals surface area (Å²) >= 11 is 0. The third kappa shape index (κ3) is 3.45. The zero-order valence-corrected chi connectivity index (χ0v) is 11.9. The van der Waals surface area contributed by atoms with Crippen molar-refractivity contribution in [1.82, 2.24) is 0 Å². The summed E-state index contributed by atoms with van der Waals surface area (Å²) in [4.78, 5) is 0. The van der Waals surface area contributed by atoms with Gasteiger partial charge in [-0.3, -0.25) is 0 Å². The number of rotatable bonds is 5. The largest absolute Gasteiger partial charge is 0.488 e. The van der Waals surface area contributed by atoms with E-state index in [0.29, 0.717) is 0 Å². The minimum Gasteiger partial charge on any atom is -0.488 e. The summed E-state index contributed by atoms with van der Waals surface area (Å²) in [5.41, 5.74) is 0.554. The van der Waals surface area contributed by atoms with E-state index in [4.69, 9.17) is 18.9 Å². The van der Waals surface area contributed by atoms with Crippen molar-refractivity contribution in [2.24, 2.45) is 0 Å². The van der Waals surface area contributed by atoms with Crippen LogP contribution >= 0.6 is 0 Å². The molecule has 0 atom stereocenters. The highest BCUT2D eigenvalue weighted by Gasteiger charge is 2.32. The third-order valence-electron chi connectivity index (χ3n) is 2.44. The summed E-state index contributed by atoms with van der Waals surface area (Å²) in [6, 6.07) is 7.45. The van der Waals surface area contributed by atoms with Gasteiger partial charge < -0.3 is 18.9 Å². The van der Waals surface area contributed by atoms with Crippen LogP contribution in [0, 0.1) is 0 Å². The summed E-state index contributed by atoms with van der Waals surface area (Å²) in [5, 5.41) is 0. The Kier molecular flexibility index (Phi) is 4.73. The van der Waals surface area contributed by atoms with Crippen LogP contribution < -0.4 is 4.74 Å². The second-order valence-corrected chi connectivity index (χ2v) is 4.91. The maximum atomic E-state index is 5.75. The van der Waals surface area contributed by atoms with E-state index in [9.17, 15) is 0 Å². The Morgan fingerprint density at radius 2 is 1.22 bits per heavy atom. The quantitative estimate of drug-likeness (QED) is 0.757. The van der Waals surface area contributed by atoms with Gasteiger partial charge in [-0.2, -0.15) is 0 Å².